The fraction of sp³-hybridized carbons (Fsp3) is 0.500. The minimum absolute atomic E-state index is 0.119. The van der Waals surface area contributed by atoms with Crippen LogP contribution < -0.4 is 15.8 Å². The molecule has 9 nitrogen and oxygen atoms in total. The lowest BCUT2D eigenvalue weighted by Crippen LogP contribution is -2.16. The Hall–Kier alpha value is -2.91. The normalized spacial score (nSPS) is 24.1. The topological polar surface area (TPSA) is 120 Å². The third kappa shape index (κ3) is 4.03. The van der Waals surface area contributed by atoms with Gasteiger partial charge in [0.05, 0.1) is 12.2 Å². The van der Waals surface area contributed by atoms with Crippen LogP contribution in [0.2, 0.25) is 0 Å². The number of rotatable bonds is 6. The summed E-state index contributed by atoms with van der Waals surface area (Å²) in [5.41, 5.74) is 8.40. The number of fused-ring (bicyclic) bond motifs is 1. The summed E-state index contributed by atoms with van der Waals surface area (Å²) >= 11 is 0. The van der Waals surface area contributed by atoms with E-state index >= 15 is 0 Å². The highest BCUT2D eigenvalue weighted by atomic mass is 16.5. The third-order valence-corrected chi connectivity index (χ3v) is 6.06. The molecule has 0 amide bonds. The minimum Gasteiger partial charge on any atom is -0.460 e. The number of aromatic nitrogens is 4. The van der Waals surface area contributed by atoms with Gasteiger partial charge in [0.2, 0.25) is 5.95 Å². The predicted octanol–water partition coefficient (Wildman–Crippen LogP) is 3.01. The molecule has 3 aromatic rings. The number of nitrogens with one attached hydrogen (secondary N) is 1. The van der Waals surface area contributed by atoms with Gasteiger partial charge in [0.15, 0.2) is 17.0 Å². The number of nitrogens with zero attached hydrogens (tertiary/aromatic N) is 4. The number of imidazole rings is 1. The molecule has 0 spiro atoms. The summed E-state index contributed by atoms with van der Waals surface area (Å²) in [4.78, 5) is 13.7. The second-order valence-corrected chi connectivity index (χ2v) is 8.33. The minimum atomic E-state index is -0.558. The molecule has 2 aliphatic rings. The van der Waals surface area contributed by atoms with Crippen LogP contribution in [0.25, 0.3) is 11.2 Å². The Morgan fingerprint density at radius 1 is 1.19 bits per heavy atom. The van der Waals surface area contributed by atoms with E-state index in [1.807, 2.05) is 41.8 Å². The van der Waals surface area contributed by atoms with E-state index < -0.39 is 12.3 Å². The number of nitrogen functional groups attached to an aromatic ring is 1. The van der Waals surface area contributed by atoms with Crippen LogP contribution in [-0.4, -0.2) is 42.9 Å². The molecule has 2 aromatic heterocycles. The van der Waals surface area contributed by atoms with Crippen molar-refractivity contribution in [2.45, 2.75) is 70.1 Å². The van der Waals surface area contributed by atoms with Crippen molar-refractivity contribution in [2.24, 2.45) is 0 Å². The first-order chi connectivity index (χ1) is 15.1. The van der Waals surface area contributed by atoms with Crippen molar-refractivity contribution >= 4 is 22.9 Å². The van der Waals surface area contributed by atoms with Gasteiger partial charge in [-0.15, -0.1) is 0 Å². The zero-order valence-electron chi connectivity index (χ0n) is 17.6. The lowest BCUT2D eigenvalue weighted by atomic mass is 10.2. The molecule has 1 saturated carbocycles. The summed E-state index contributed by atoms with van der Waals surface area (Å²) in [6.07, 6.45) is 3.61. The first-order valence-electron chi connectivity index (χ1n) is 10.9. The van der Waals surface area contributed by atoms with E-state index in [2.05, 4.69) is 20.3 Å². The Bertz CT molecular complexity index is 1040. The Labute approximate surface area is 180 Å². The van der Waals surface area contributed by atoms with E-state index in [4.69, 9.17) is 15.2 Å². The summed E-state index contributed by atoms with van der Waals surface area (Å²) in [5, 5.41) is 13.6. The summed E-state index contributed by atoms with van der Waals surface area (Å²) < 4.78 is 13.9. The SMILES string of the molecule is C[C@H]1O[C@@H](n2c(NCc3ccccc3)nc3c(N)nc(OC4CCCC4)nc32)C[C@@H]1O. The van der Waals surface area contributed by atoms with E-state index in [0.717, 1.165) is 31.2 Å². The summed E-state index contributed by atoms with van der Waals surface area (Å²) in [6, 6.07) is 10.3. The first kappa shape index (κ1) is 20.0. The highest BCUT2D eigenvalue weighted by Gasteiger charge is 2.35. The highest BCUT2D eigenvalue weighted by Crippen LogP contribution is 2.36. The van der Waals surface area contributed by atoms with Crippen molar-refractivity contribution < 1.29 is 14.6 Å². The molecule has 1 aromatic carbocycles. The molecule has 0 bridgehead atoms. The molecule has 164 valence electrons. The van der Waals surface area contributed by atoms with Crippen molar-refractivity contribution in [1.29, 1.82) is 0 Å². The number of hydrogen-bond acceptors (Lipinski definition) is 8. The first-order valence-corrected chi connectivity index (χ1v) is 10.9. The van der Waals surface area contributed by atoms with Gasteiger partial charge < -0.3 is 25.6 Å². The van der Waals surface area contributed by atoms with E-state index in [1.54, 1.807) is 0 Å². The van der Waals surface area contributed by atoms with E-state index in [0.29, 0.717) is 30.1 Å². The van der Waals surface area contributed by atoms with Gasteiger partial charge in [0.25, 0.3) is 0 Å². The van der Waals surface area contributed by atoms with Gasteiger partial charge in [-0.05, 0) is 38.2 Å². The molecule has 31 heavy (non-hydrogen) atoms. The molecular weight excluding hydrogens is 396 g/mol. The Kier molecular flexibility index (Phi) is 5.37. The van der Waals surface area contributed by atoms with Crippen LogP contribution in [0, 0.1) is 0 Å². The fourth-order valence-corrected chi connectivity index (χ4v) is 4.32. The number of aliphatic hydroxyl groups is 1. The van der Waals surface area contributed by atoms with Crippen LogP contribution in [0.4, 0.5) is 11.8 Å². The van der Waals surface area contributed by atoms with Crippen molar-refractivity contribution in [3.8, 4) is 6.01 Å². The number of ether oxygens (including phenoxy) is 2. The quantitative estimate of drug-likeness (QED) is 0.552. The van der Waals surface area contributed by atoms with Crippen molar-refractivity contribution in [3.05, 3.63) is 35.9 Å². The molecule has 3 heterocycles. The number of aliphatic hydroxyl groups excluding tert-OH is 1. The molecule has 0 unspecified atom stereocenters. The van der Waals surface area contributed by atoms with Crippen LogP contribution in [-0.2, 0) is 11.3 Å². The average molecular weight is 425 g/mol. The number of nitrogens with two attached hydrogens (primary N) is 1. The predicted molar refractivity (Wildman–Crippen MR) is 117 cm³/mol. The average Bonchev–Trinajstić information content (AvgIpc) is 3.47. The zero-order chi connectivity index (χ0) is 21.4. The molecule has 4 N–H and O–H groups in total. The zero-order valence-corrected chi connectivity index (χ0v) is 17.6. The summed E-state index contributed by atoms with van der Waals surface area (Å²) in [7, 11) is 0. The summed E-state index contributed by atoms with van der Waals surface area (Å²) in [5.74, 6) is 0.843. The van der Waals surface area contributed by atoms with E-state index in [-0.39, 0.29) is 24.0 Å². The second-order valence-electron chi connectivity index (χ2n) is 8.33. The van der Waals surface area contributed by atoms with Gasteiger partial charge in [-0.25, -0.2) is 4.98 Å². The lowest BCUT2D eigenvalue weighted by Gasteiger charge is -2.17. The van der Waals surface area contributed by atoms with Crippen molar-refractivity contribution in [1.82, 2.24) is 19.5 Å². The van der Waals surface area contributed by atoms with Gasteiger partial charge in [-0.2, -0.15) is 9.97 Å². The molecule has 1 aliphatic carbocycles. The van der Waals surface area contributed by atoms with Crippen molar-refractivity contribution in [3.63, 3.8) is 0 Å². The third-order valence-electron chi connectivity index (χ3n) is 6.06. The van der Waals surface area contributed by atoms with Gasteiger partial charge in [-0.3, -0.25) is 4.57 Å². The Balaban J connectivity index is 1.52. The molecule has 0 radical (unpaired) electrons. The molecular formula is C22H28N6O3. The van der Waals surface area contributed by atoms with Crippen LogP contribution in [0.1, 0.15) is 50.8 Å². The van der Waals surface area contributed by atoms with Gasteiger partial charge >= 0.3 is 6.01 Å². The fourth-order valence-electron chi connectivity index (χ4n) is 4.32. The van der Waals surface area contributed by atoms with Crippen LogP contribution in [0.3, 0.4) is 0 Å². The van der Waals surface area contributed by atoms with Crippen molar-refractivity contribution in [2.75, 3.05) is 11.1 Å². The number of hydrogen-bond donors (Lipinski definition) is 3. The maximum atomic E-state index is 10.3. The standard InChI is InChI=1S/C22H28N6O3/c1-13-16(29)11-17(30-13)28-20-18(25-21(28)24-12-14-7-3-2-4-8-14)19(23)26-22(27-20)31-15-9-5-6-10-15/h2-4,7-8,13,15-17,29H,5-6,9-12H2,1H3,(H,24,25)(H2,23,26,27)/t13-,16+,17-/m1/s1. The Morgan fingerprint density at radius 3 is 2.68 bits per heavy atom. The van der Waals surface area contributed by atoms with E-state index in [1.165, 1.54) is 0 Å². The maximum absolute atomic E-state index is 10.3. The molecule has 1 aliphatic heterocycles. The smallest absolute Gasteiger partial charge is 0.320 e. The van der Waals surface area contributed by atoms with Crippen LogP contribution in [0.5, 0.6) is 6.01 Å². The maximum Gasteiger partial charge on any atom is 0.320 e. The number of benzene rings is 1. The Morgan fingerprint density at radius 2 is 1.97 bits per heavy atom. The molecule has 3 atom stereocenters. The van der Waals surface area contributed by atoms with Crippen LogP contribution in [0.15, 0.2) is 30.3 Å². The number of anilines is 2. The molecule has 9 heteroatoms. The van der Waals surface area contributed by atoms with Gasteiger partial charge in [0, 0.05) is 13.0 Å². The van der Waals surface area contributed by atoms with Gasteiger partial charge in [0.1, 0.15) is 12.3 Å². The molecule has 1 saturated heterocycles. The molecule has 5 rings (SSSR count). The second kappa shape index (κ2) is 8.32. The highest BCUT2D eigenvalue weighted by molar-refractivity contribution is 5.84. The summed E-state index contributed by atoms with van der Waals surface area (Å²) in [6.45, 7) is 2.44. The van der Waals surface area contributed by atoms with Gasteiger partial charge in [-0.1, -0.05) is 30.3 Å². The van der Waals surface area contributed by atoms with E-state index in [9.17, 15) is 5.11 Å². The lowest BCUT2D eigenvalue weighted by molar-refractivity contribution is -0.00547. The monoisotopic (exact) mass is 424 g/mol. The van der Waals surface area contributed by atoms with Crippen LogP contribution >= 0.6 is 0 Å². The molecule has 2 fully saturated rings. The largest absolute Gasteiger partial charge is 0.460 e.